The SMILES string of the molecule is CONC=CCCC=CNOC. The van der Waals surface area contributed by atoms with Gasteiger partial charge in [0.15, 0.2) is 0 Å². The standard InChI is InChI=1S/C8H16N2O2/c1-11-9-7-5-3-4-6-8-10-12-2/h5-10H,3-4H2,1-2H3. The van der Waals surface area contributed by atoms with Crippen molar-refractivity contribution in [2.45, 2.75) is 12.8 Å². The van der Waals surface area contributed by atoms with Gasteiger partial charge in [-0.15, -0.1) is 0 Å². The van der Waals surface area contributed by atoms with Crippen LogP contribution >= 0.6 is 0 Å². The monoisotopic (exact) mass is 172 g/mol. The van der Waals surface area contributed by atoms with Crippen LogP contribution in [0.25, 0.3) is 0 Å². The van der Waals surface area contributed by atoms with Crippen molar-refractivity contribution in [2.75, 3.05) is 14.2 Å². The molecule has 0 saturated carbocycles. The second-order valence-corrected chi connectivity index (χ2v) is 2.03. The van der Waals surface area contributed by atoms with Crippen LogP contribution in [0, 0.1) is 0 Å². The second kappa shape index (κ2) is 10.0. The van der Waals surface area contributed by atoms with Gasteiger partial charge < -0.3 is 0 Å². The molecule has 0 aromatic carbocycles. The van der Waals surface area contributed by atoms with Gasteiger partial charge in [-0.3, -0.25) is 20.6 Å². The molecule has 70 valence electrons. The quantitative estimate of drug-likeness (QED) is 0.445. The molecular formula is C8H16N2O2. The summed E-state index contributed by atoms with van der Waals surface area (Å²) in [5, 5.41) is 0. The molecule has 0 aliphatic heterocycles. The first-order valence-corrected chi connectivity index (χ1v) is 3.79. The molecule has 0 aromatic rings. The molecule has 0 bridgehead atoms. The summed E-state index contributed by atoms with van der Waals surface area (Å²) in [6.45, 7) is 0. The minimum absolute atomic E-state index is 0.970. The summed E-state index contributed by atoms with van der Waals surface area (Å²) >= 11 is 0. The lowest BCUT2D eigenvalue weighted by Gasteiger charge is -1.93. The van der Waals surface area contributed by atoms with Crippen LogP contribution in [-0.4, -0.2) is 14.2 Å². The lowest BCUT2D eigenvalue weighted by molar-refractivity contribution is 0.128. The highest BCUT2D eigenvalue weighted by molar-refractivity contribution is 4.83. The maximum absolute atomic E-state index is 4.60. The highest BCUT2D eigenvalue weighted by Crippen LogP contribution is 1.90. The van der Waals surface area contributed by atoms with Crippen molar-refractivity contribution in [3.05, 3.63) is 24.6 Å². The summed E-state index contributed by atoms with van der Waals surface area (Å²) in [4.78, 5) is 9.20. The Bertz CT molecular complexity index is 119. The Morgan fingerprint density at radius 1 is 0.917 bits per heavy atom. The smallest absolute Gasteiger partial charge is 0.0636 e. The minimum Gasteiger partial charge on any atom is -0.280 e. The van der Waals surface area contributed by atoms with E-state index in [2.05, 4.69) is 20.6 Å². The van der Waals surface area contributed by atoms with E-state index in [1.807, 2.05) is 12.2 Å². The zero-order valence-corrected chi connectivity index (χ0v) is 7.54. The van der Waals surface area contributed by atoms with Gasteiger partial charge in [-0.1, -0.05) is 12.2 Å². The first-order chi connectivity index (χ1) is 5.91. The zero-order chi connectivity index (χ0) is 9.07. The van der Waals surface area contributed by atoms with Crippen LogP contribution < -0.4 is 11.0 Å². The number of unbranched alkanes of at least 4 members (excludes halogenated alkanes) is 1. The van der Waals surface area contributed by atoms with E-state index in [9.17, 15) is 0 Å². The number of nitrogens with one attached hydrogen (secondary N) is 2. The fraction of sp³-hybridized carbons (Fsp3) is 0.500. The zero-order valence-electron chi connectivity index (χ0n) is 7.54. The fourth-order valence-corrected chi connectivity index (χ4v) is 0.591. The van der Waals surface area contributed by atoms with Crippen molar-refractivity contribution in [3.63, 3.8) is 0 Å². The van der Waals surface area contributed by atoms with E-state index in [1.54, 1.807) is 26.6 Å². The molecule has 0 fully saturated rings. The average Bonchev–Trinajstić information content (AvgIpc) is 2.10. The molecule has 0 unspecified atom stereocenters. The molecule has 0 atom stereocenters. The number of rotatable bonds is 7. The summed E-state index contributed by atoms with van der Waals surface area (Å²) in [5.41, 5.74) is 5.21. The molecule has 4 nitrogen and oxygen atoms in total. The third-order valence-corrected chi connectivity index (χ3v) is 1.11. The molecule has 0 rings (SSSR count). The first kappa shape index (κ1) is 11.0. The van der Waals surface area contributed by atoms with E-state index in [4.69, 9.17) is 0 Å². The summed E-state index contributed by atoms with van der Waals surface area (Å²) in [6, 6.07) is 0. The van der Waals surface area contributed by atoms with Crippen LogP contribution in [-0.2, 0) is 9.68 Å². The highest BCUT2D eigenvalue weighted by Gasteiger charge is 1.75. The lowest BCUT2D eigenvalue weighted by atomic mass is 10.3. The van der Waals surface area contributed by atoms with Crippen molar-refractivity contribution in [1.29, 1.82) is 0 Å². The molecule has 0 amide bonds. The minimum atomic E-state index is 0.970. The largest absolute Gasteiger partial charge is 0.280 e. The molecule has 0 spiro atoms. The third-order valence-electron chi connectivity index (χ3n) is 1.11. The molecule has 0 aromatic heterocycles. The second-order valence-electron chi connectivity index (χ2n) is 2.03. The van der Waals surface area contributed by atoms with Gasteiger partial charge in [0, 0.05) is 12.4 Å². The Hall–Kier alpha value is -1.00. The van der Waals surface area contributed by atoms with Gasteiger partial charge >= 0.3 is 0 Å². The third kappa shape index (κ3) is 9.00. The molecule has 0 saturated heterocycles. The number of hydrogen-bond donors (Lipinski definition) is 2. The van der Waals surface area contributed by atoms with Crippen molar-refractivity contribution >= 4 is 0 Å². The Balaban J connectivity index is 3.09. The van der Waals surface area contributed by atoms with Crippen LogP contribution in [0.1, 0.15) is 12.8 Å². The van der Waals surface area contributed by atoms with Gasteiger partial charge in [-0.25, -0.2) is 0 Å². The maximum atomic E-state index is 4.60. The summed E-state index contributed by atoms with van der Waals surface area (Å²) in [7, 11) is 3.15. The summed E-state index contributed by atoms with van der Waals surface area (Å²) in [6.07, 6.45) is 9.44. The molecule has 12 heavy (non-hydrogen) atoms. The molecule has 0 heterocycles. The first-order valence-electron chi connectivity index (χ1n) is 3.79. The number of hydrogen-bond acceptors (Lipinski definition) is 4. The van der Waals surface area contributed by atoms with Gasteiger partial charge in [0.1, 0.15) is 0 Å². The highest BCUT2D eigenvalue weighted by atomic mass is 16.6. The van der Waals surface area contributed by atoms with E-state index in [-0.39, 0.29) is 0 Å². The molecule has 0 radical (unpaired) electrons. The Morgan fingerprint density at radius 3 is 1.67 bits per heavy atom. The lowest BCUT2D eigenvalue weighted by Crippen LogP contribution is -2.00. The van der Waals surface area contributed by atoms with Gasteiger partial charge in [0.25, 0.3) is 0 Å². The van der Waals surface area contributed by atoms with E-state index < -0.39 is 0 Å². The summed E-state index contributed by atoms with van der Waals surface area (Å²) < 4.78 is 0. The van der Waals surface area contributed by atoms with Crippen molar-refractivity contribution in [3.8, 4) is 0 Å². The van der Waals surface area contributed by atoms with Crippen molar-refractivity contribution in [2.24, 2.45) is 0 Å². The van der Waals surface area contributed by atoms with Gasteiger partial charge in [0.2, 0.25) is 0 Å². The Labute approximate surface area is 73.1 Å². The van der Waals surface area contributed by atoms with Gasteiger partial charge in [-0.05, 0) is 12.8 Å². The van der Waals surface area contributed by atoms with Gasteiger partial charge in [-0.2, -0.15) is 0 Å². The maximum Gasteiger partial charge on any atom is 0.0636 e. The molecule has 4 heteroatoms. The molecule has 0 aliphatic rings. The van der Waals surface area contributed by atoms with Crippen LogP contribution in [0.3, 0.4) is 0 Å². The summed E-state index contributed by atoms with van der Waals surface area (Å²) in [5.74, 6) is 0. The number of hydroxylamine groups is 2. The topological polar surface area (TPSA) is 42.5 Å². The number of allylic oxidation sites excluding steroid dienone is 2. The van der Waals surface area contributed by atoms with Gasteiger partial charge in [0.05, 0.1) is 14.2 Å². The Morgan fingerprint density at radius 2 is 1.33 bits per heavy atom. The fourth-order valence-electron chi connectivity index (χ4n) is 0.591. The molecule has 2 N–H and O–H groups in total. The Kier molecular flexibility index (Phi) is 9.17. The van der Waals surface area contributed by atoms with E-state index in [0.29, 0.717) is 0 Å². The van der Waals surface area contributed by atoms with Crippen molar-refractivity contribution < 1.29 is 9.68 Å². The predicted molar refractivity (Wildman–Crippen MR) is 47.8 cm³/mol. The average molecular weight is 172 g/mol. The van der Waals surface area contributed by atoms with E-state index in [1.165, 1.54) is 0 Å². The van der Waals surface area contributed by atoms with Crippen LogP contribution in [0.4, 0.5) is 0 Å². The van der Waals surface area contributed by atoms with Crippen LogP contribution in [0.5, 0.6) is 0 Å². The van der Waals surface area contributed by atoms with Crippen molar-refractivity contribution in [1.82, 2.24) is 11.0 Å². The van der Waals surface area contributed by atoms with Crippen LogP contribution in [0.2, 0.25) is 0 Å². The molecular weight excluding hydrogens is 156 g/mol. The van der Waals surface area contributed by atoms with Crippen LogP contribution in [0.15, 0.2) is 24.6 Å². The molecule has 0 aliphatic carbocycles. The predicted octanol–water partition coefficient (Wildman–Crippen LogP) is 1.10. The van der Waals surface area contributed by atoms with E-state index in [0.717, 1.165) is 12.8 Å². The normalized spacial score (nSPS) is 11.2. The van der Waals surface area contributed by atoms with E-state index >= 15 is 0 Å².